The summed E-state index contributed by atoms with van der Waals surface area (Å²) < 4.78 is 1.59. The Hall–Kier alpha value is -2.25. The molecule has 7 heteroatoms. The average Bonchev–Trinajstić information content (AvgIpc) is 2.87. The van der Waals surface area contributed by atoms with Gasteiger partial charge >= 0.3 is 0 Å². The average molecular weight is 383 g/mol. The van der Waals surface area contributed by atoms with Gasteiger partial charge < -0.3 is 0 Å². The molecule has 4 rings (SSSR count). The van der Waals surface area contributed by atoms with Gasteiger partial charge in [0.2, 0.25) is 0 Å². The van der Waals surface area contributed by atoms with E-state index < -0.39 is 0 Å². The molecule has 132 valence electrons. The third-order valence-corrected chi connectivity index (χ3v) is 6.43. The van der Waals surface area contributed by atoms with E-state index in [-0.39, 0.29) is 5.56 Å². The maximum atomic E-state index is 12.4. The zero-order chi connectivity index (χ0) is 18.4. The smallest absolute Gasteiger partial charge is 0.258 e. The Balaban J connectivity index is 1.72. The molecule has 0 aliphatic heterocycles. The van der Waals surface area contributed by atoms with Crippen molar-refractivity contribution < 1.29 is 0 Å². The molecule has 26 heavy (non-hydrogen) atoms. The number of aromatic nitrogens is 4. The van der Waals surface area contributed by atoms with Gasteiger partial charge in [-0.3, -0.25) is 9.20 Å². The number of fused-ring (bicyclic) bond motifs is 2. The first kappa shape index (κ1) is 17.2. The van der Waals surface area contributed by atoms with Gasteiger partial charge in [0.15, 0.2) is 0 Å². The van der Waals surface area contributed by atoms with Gasteiger partial charge in [0, 0.05) is 28.3 Å². The largest absolute Gasteiger partial charge is 0.269 e. The molecule has 0 amide bonds. The maximum Gasteiger partial charge on any atom is 0.258 e. The third kappa shape index (κ3) is 3.01. The van der Waals surface area contributed by atoms with Crippen LogP contribution in [0.2, 0.25) is 0 Å². The van der Waals surface area contributed by atoms with Crippen molar-refractivity contribution in [2.75, 3.05) is 0 Å². The van der Waals surface area contributed by atoms with Gasteiger partial charge in [0.05, 0.1) is 5.69 Å². The lowest BCUT2D eigenvalue weighted by Crippen LogP contribution is -2.15. The van der Waals surface area contributed by atoms with Crippen LogP contribution in [0.3, 0.4) is 0 Å². The Labute approximate surface area is 159 Å². The van der Waals surface area contributed by atoms with Crippen molar-refractivity contribution in [2.45, 2.75) is 38.5 Å². The van der Waals surface area contributed by atoms with E-state index in [1.165, 1.54) is 10.4 Å². The Morgan fingerprint density at radius 3 is 2.73 bits per heavy atom. The molecule has 0 bridgehead atoms. The number of hydrogen-bond donors (Lipinski definition) is 0. The lowest BCUT2D eigenvalue weighted by atomic mass is 10.2. The maximum absolute atomic E-state index is 12.4. The van der Waals surface area contributed by atoms with Crippen LogP contribution in [0.25, 0.3) is 15.9 Å². The second-order valence-electron chi connectivity index (χ2n) is 6.35. The van der Waals surface area contributed by atoms with Crippen molar-refractivity contribution in [3.05, 3.63) is 62.3 Å². The van der Waals surface area contributed by atoms with Gasteiger partial charge in [-0.25, -0.2) is 15.0 Å². The molecule has 0 N–H and O–H groups in total. The summed E-state index contributed by atoms with van der Waals surface area (Å²) in [5, 5.41) is 2.08. The minimum Gasteiger partial charge on any atom is -0.269 e. The van der Waals surface area contributed by atoms with E-state index in [4.69, 9.17) is 0 Å². The Bertz CT molecular complexity index is 1210. The summed E-state index contributed by atoms with van der Waals surface area (Å²) >= 11 is 3.31. The Morgan fingerprint density at radius 1 is 1.12 bits per heavy atom. The molecule has 5 nitrogen and oxygen atoms in total. The highest BCUT2D eigenvalue weighted by Crippen LogP contribution is 2.35. The first-order valence-electron chi connectivity index (χ1n) is 8.28. The lowest BCUT2D eigenvalue weighted by Gasteiger charge is -2.07. The van der Waals surface area contributed by atoms with Crippen LogP contribution in [0, 0.1) is 27.7 Å². The van der Waals surface area contributed by atoms with Gasteiger partial charge in [-0.05, 0) is 44.9 Å². The summed E-state index contributed by atoms with van der Waals surface area (Å²) in [7, 11) is 0. The topological polar surface area (TPSA) is 60.2 Å². The zero-order valence-corrected chi connectivity index (χ0v) is 16.7. The van der Waals surface area contributed by atoms with Gasteiger partial charge in [-0.1, -0.05) is 17.8 Å². The molecule has 0 aliphatic carbocycles. The summed E-state index contributed by atoms with van der Waals surface area (Å²) in [6.07, 6.45) is 1.82. The van der Waals surface area contributed by atoms with Gasteiger partial charge in [0.1, 0.15) is 21.3 Å². The monoisotopic (exact) mass is 382 g/mol. The molecule has 0 radical (unpaired) electrons. The molecule has 0 saturated heterocycles. The van der Waals surface area contributed by atoms with Crippen LogP contribution >= 0.6 is 23.1 Å². The quantitative estimate of drug-likeness (QED) is 0.392. The van der Waals surface area contributed by atoms with Crippen molar-refractivity contribution in [3.63, 3.8) is 0 Å². The summed E-state index contributed by atoms with van der Waals surface area (Å²) in [6, 6.07) is 5.45. The number of aryl methyl sites for hydroxylation is 4. The number of rotatable bonds is 3. The molecule has 4 heterocycles. The normalized spacial score (nSPS) is 11.5. The molecule has 0 unspecified atom stereocenters. The highest BCUT2D eigenvalue weighted by molar-refractivity contribution is 7.98. The fourth-order valence-corrected chi connectivity index (χ4v) is 5.06. The molecule has 0 aliphatic rings. The summed E-state index contributed by atoms with van der Waals surface area (Å²) in [5.41, 5.74) is 3.64. The number of nitrogens with zero attached hydrogens (tertiary/aromatic N) is 4. The number of pyridine rings is 1. The summed E-state index contributed by atoms with van der Waals surface area (Å²) in [5.74, 6) is 1.36. The summed E-state index contributed by atoms with van der Waals surface area (Å²) in [4.78, 5) is 28.5. The van der Waals surface area contributed by atoms with Crippen LogP contribution in [0.1, 0.15) is 27.5 Å². The van der Waals surface area contributed by atoms with Crippen molar-refractivity contribution >= 4 is 39.0 Å². The van der Waals surface area contributed by atoms with E-state index in [0.29, 0.717) is 11.4 Å². The first-order valence-corrected chi connectivity index (χ1v) is 10.1. The first-order chi connectivity index (χ1) is 12.4. The van der Waals surface area contributed by atoms with Crippen molar-refractivity contribution in [1.29, 1.82) is 0 Å². The number of thiophene rings is 1. The standard InChI is InChI=1S/C19H18N4OS2/c1-10-5-6-15-22-14(7-16(24)23(15)8-10)9-25-18-17-11(2)12(3)26-19(17)21-13(4)20-18/h5-8H,9H2,1-4H3. The second kappa shape index (κ2) is 6.48. The van der Waals surface area contributed by atoms with E-state index in [2.05, 4.69) is 28.8 Å². The SMILES string of the molecule is Cc1ccc2nc(CSc3nc(C)nc4sc(C)c(C)c34)cc(=O)n2c1. The molecule has 0 saturated carbocycles. The van der Waals surface area contributed by atoms with Crippen LogP contribution < -0.4 is 5.56 Å². The van der Waals surface area contributed by atoms with E-state index in [1.807, 2.05) is 32.2 Å². The van der Waals surface area contributed by atoms with Crippen molar-refractivity contribution in [1.82, 2.24) is 19.4 Å². The predicted octanol–water partition coefficient (Wildman–Crippen LogP) is 4.23. The minimum atomic E-state index is -0.0547. The van der Waals surface area contributed by atoms with Gasteiger partial charge in [-0.15, -0.1) is 11.3 Å². The van der Waals surface area contributed by atoms with Crippen LogP contribution in [0.4, 0.5) is 0 Å². The molecular formula is C19H18N4OS2. The summed E-state index contributed by atoms with van der Waals surface area (Å²) in [6.45, 7) is 8.10. The zero-order valence-electron chi connectivity index (χ0n) is 15.0. The molecule has 0 aromatic carbocycles. The van der Waals surface area contributed by atoms with Gasteiger partial charge in [0.25, 0.3) is 5.56 Å². The molecular weight excluding hydrogens is 364 g/mol. The molecule has 0 spiro atoms. The van der Waals surface area contributed by atoms with Crippen molar-refractivity contribution in [2.24, 2.45) is 0 Å². The minimum absolute atomic E-state index is 0.0547. The van der Waals surface area contributed by atoms with Crippen LogP contribution in [-0.4, -0.2) is 19.4 Å². The molecule has 0 fully saturated rings. The van der Waals surface area contributed by atoms with E-state index in [9.17, 15) is 4.79 Å². The highest BCUT2D eigenvalue weighted by Gasteiger charge is 2.14. The number of thioether (sulfide) groups is 1. The highest BCUT2D eigenvalue weighted by atomic mass is 32.2. The van der Waals surface area contributed by atoms with Crippen LogP contribution in [0.5, 0.6) is 0 Å². The fraction of sp³-hybridized carbons (Fsp3) is 0.263. The van der Waals surface area contributed by atoms with Crippen LogP contribution in [0.15, 0.2) is 34.2 Å². The Kier molecular flexibility index (Phi) is 4.28. The van der Waals surface area contributed by atoms with E-state index in [0.717, 1.165) is 32.3 Å². The predicted molar refractivity (Wildman–Crippen MR) is 107 cm³/mol. The van der Waals surface area contributed by atoms with E-state index in [1.54, 1.807) is 33.6 Å². The van der Waals surface area contributed by atoms with Crippen LogP contribution in [-0.2, 0) is 5.75 Å². The second-order valence-corrected chi connectivity index (χ2v) is 8.52. The fourth-order valence-electron chi connectivity index (χ4n) is 2.89. The van der Waals surface area contributed by atoms with E-state index >= 15 is 0 Å². The Morgan fingerprint density at radius 2 is 1.92 bits per heavy atom. The molecule has 0 atom stereocenters. The third-order valence-electron chi connectivity index (χ3n) is 4.32. The molecule has 4 aromatic rings. The van der Waals surface area contributed by atoms with Crippen molar-refractivity contribution in [3.8, 4) is 0 Å². The number of hydrogen-bond acceptors (Lipinski definition) is 6. The van der Waals surface area contributed by atoms with Gasteiger partial charge in [-0.2, -0.15) is 0 Å². The lowest BCUT2D eigenvalue weighted by molar-refractivity contribution is 0.994. The molecule has 4 aromatic heterocycles.